The molecule has 84 valence electrons. The third-order valence-electron chi connectivity index (χ3n) is 2.20. The third kappa shape index (κ3) is 2.10. The molecule has 0 radical (unpaired) electrons. The lowest BCUT2D eigenvalue weighted by atomic mass is 10.2. The maximum absolute atomic E-state index is 13.5. The fourth-order valence-corrected chi connectivity index (χ4v) is 2.72. The van der Waals surface area contributed by atoms with Gasteiger partial charge >= 0.3 is 0 Å². The number of hydrogen-bond acceptors (Lipinski definition) is 3. The molecule has 0 saturated heterocycles. The summed E-state index contributed by atoms with van der Waals surface area (Å²) < 4.78 is 26.2. The van der Waals surface area contributed by atoms with E-state index in [1.807, 2.05) is 6.92 Å². The van der Waals surface area contributed by atoms with E-state index in [0.717, 1.165) is 16.6 Å². The molecule has 0 aliphatic carbocycles. The van der Waals surface area contributed by atoms with Crippen molar-refractivity contribution in [3.63, 3.8) is 0 Å². The van der Waals surface area contributed by atoms with Crippen molar-refractivity contribution in [2.45, 2.75) is 12.7 Å². The molecule has 1 heterocycles. The fourth-order valence-electron chi connectivity index (χ4n) is 1.35. The lowest BCUT2D eigenvalue weighted by molar-refractivity contribution is 0.585. The smallest absolute Gasteiger partial charge is 0.136 e. The van der Waals surface area contributed by atoms with E-state index in [-0.39, 0.29) is 0 Å². The van der Waals surface area contributed by atoms with Gasteiger partial charge in [-0.15, -0.1) is 11.3 Å². The first kappa shape index (κ1) is 11.5. The molecule has 16 heavy (non-hydrogen) atoms. The average Bonchev–Trinajstić information content (AvgIpc) is 2.59. The molecule has 5 heteroatoms. The Bertz CT molecular complexity index is 523. The van der Waals surface area contributed by atoms with Gasteiger partial charge in [0.25, 0.3) is 0 Å². The zero-order valence-corrected chi connectivity index (χ0v) is 10.2. The highest BCUT2D eigenvalue weighted by Crippen LogP contribution is 2.30. The van der Waals surface area contributed by atoms with Gasteiger partial charge in [0.15, 0.2) is 0 Å². The summed E-state index contributed by atoms with van der Waals surface area (Å²) in [6.07, 6.45) is 0. The summed E-state index contributed by atoms with van der Waals surface area (Å²) in [5.74, 6) is -0.588. The van der Waals surface area contributed by atoms with Gasteiger partial charge in [0.2, 0.25) is 0 Å². The molecule has 0 aliphatic rings. The average molecular weight is 257 g/mol. The first-order valence-electron chi connectivity index (χ1n) is 4.64. The van der Waals surface area contributed by atoms with E-state index in [4.69, 9.17) is 0 Å². The predicted octanol–water partition coefficient (Wildman–Crippen LogP) is 3.83. The SMILES string of the molecule is Cc1nc(-c2ccc(F)cc2F)sc1CS. The second kappa shape index (κ2) is 4.51. The van der Waals surface area contributed by atoms with Gasteiger partial charge in [-0.2, -0.15) is 12.6 Å². The number of thiazole rings is 1. The standard InChI is InChI=1S/C11H9F2NS2/c1-6-10(5-15)16-11(14-6)8-3-2-7(12)4-9(8)13/h2-4,15H,5H2,1H3. The highest BCUT2D eigenvalue weighted by molar-refractivity contribution is 7.79. The van der Waals surface area contributed by atoms with E-state index in [1.54, 1.807) is 0 Å². The van der Waals surface area contributed by atoms with Crippen LogP contribution in [0.5, 0.6) is 0 Å². The van der Waals surface area contributed by atoms with Crippen molar-refractivity contribution >= 4 is 24.0 Å². The molecular formula is C11H9F2NS2. The lowest BCUT2D eigenvalue weighted by Crippen LogP contribution is -1.85. The number of rotatable bonds is 2. The maximum atomic E-state index is 13.5. The van der Waals surface area contributed by atoms with Crippen LogP contribution in [0.2, 0.25) is 0 Å². The van der Waals surface area contributed by atoms with Crippen LogP contribution in [0, 0.1) is 18.6 Å². The third-order valence-corrected chi connectivity index (χ3v) is 3.92. The van der Waals surface area contributed by atoms with Crippen molar-refractivity contribution in [2.24, 2.45) is 0 Å². The molecule has 0 spiro atoms. The number of nitrogens with zero attached hydrogens (tertiary/aromatic N) is 1. The summed E-state index contributed by atoms with van der Waals surface area (Å²) in [6, 6.07) is 3.51. The number of aryl methyl sites for hydroxylation is 1. The Kier molecular flexibility index (Phi) is 3.25. The molecule has 0 bridgehead atoms. The molecule has 0 unspecified atom stereocenters. The molecule has 0 N–H and O–H groups in total. The molecule has 1 aromatic carbocycles. The highest BCUT2D eigenvalue weighted by atomic mass is 32.1. The van der Waals surface area contributed by atoms with Crippen molar-refractivity contribution in [1.29, 1.82) is 0 Å². The van der Waals surface area contributed by atoms with Gasteiger partial charge in [0.05, 0.1) is 5.69 Å². The van der Waals surface area contributed by atoms with Crippen LogP contribution in [-0.4, -0.2) is 4.98 Å². The van der Waals surface area contributed by atoms with Gasteiger partial charge < -0.3 is 0 Å². The number of aromatic nitrogens is 1. The summed E-state index contributed by atoms with van der Waals surface area (Å²) >= 11 is 5.55. The van der Waals surface area contributed by atoms with E-state index in [0.29, 0.717) is 16.3 Å². The van der Waals surface area contributed by atoms with Gasteiger partial charge in [0, 0.05) is 22.3 Å². The fraction of sp³-hybridized carbons (Fsp3) is 0.182. The Morgan fingerprint density at radius 1 is 1.38 bits per heavy atom. The topological polar surface area (TPSA) is 12.9 Å². The van der Waals surface area contributed by atoms with E-state index >= 15 is 0 Å². The molecule has 2 aromatic rings. The summed E-state index contributed by atoms with van der Waals surface area (Å²) in [4.78, 5) is 5.25. The van der Waals surface area contributed by atoms with E-state index in [1.165, 1.54) is 23.5 Å². The summed E-state index contributed by atoms with van der Waals surface area (Å²) in [7, 11) is 0. The molecular weight excluding hydrogens is 248 g/mol. The van der Waals surface area contributed by atoms with Crippen LogP contribution in [-0.2, 0) is 5.75 Å². The normalized spacial score (nSPS) is 10.8. The lowest BCUT2D eigenvalue weighted by Gasteiger charge is -1.98. The van der Waals surface area contributed by atoms with Crippen molar-refractivity contribution in [3.05, 3.63) is 40.4 Å². The van der Waals surface area contributed by atoms with Crippen LogP contribution in [0.25, 0.3) is 10.6 Å². The second-order valence-corrected chi connectivity index (χ2v) is 4.71. The monoisotopic (exact) mass is 257 g/mol. The van der Waals surface area contributed by atoms with Crippen molar-refractivity contribution in [1.82, 2.24) is 4.98 Å². The van der Waals surface area contributed by atoms with Crippen LogP contribution in [0.3, 0.4) is 0 Å². The number of benzene rings is 1. The maximum Gasteiger partial charge on any atom is 0.136 e. The number of hydrogen-bond donors (Lipinski definition) is 1. The minimum Gasteiger partial charge on any atom is -0.241 e. The van der Waals surface area contributed by atoms with Gasteiger partial charge in [-0.05, 0) is 19.1 Å². The molecule has 2 rings (SSSR count). The van der Waals surface area contributed by atoms with Gasteiger partial charge in [-0.3, -0.25) is 0 Å². The molecule has 1 aromatic heterocycles. The molecule has 0 aliphatic heterocycles. The molecule has 0 amide bonds. The molecule has 0 fully saturated rings. The number of halogens is 2. The Labute approximate surface area is 102 Å². The summed E-state index contributed by atoms with van der Waals surface area (Å²) in [6.45, 7) is 1.85. The van der Waals surface area contributed by atoms with Crippen LogP contribution in [0.4, 0.5) is 8.78 Å². The first-order chi connectivity index (χ1) is 7.61. The molecule has 0 saturated carbocycles. The van der Waals surface area contributed by atoms with Crippen molar-refractivity contribution in [2.75, 3.05) is 0 Å². The Morgan fingerprint density at radius 3 is 2.69 bits per heavy atom. The largest absolute Gasteiger partial charge is 0.241 e. The van der Waals surface area contributed by atoms with Crippen molar-refractivity contribution < 1.29 is 8.78 Å². The van der Waals surface area contributed by atoms with Gasteiger partial charge in [0.1, 0.15) is 16.6 Å². The van der Waals surface area contributed by atoms with Gasteiger partial charge in [-0.1, -0.05) is 0 Å². The second-order valence-electron chi connectivity index (χ2n) is 3.31. The van der Waals surface area contributed by atoms with E-state index < -0.39 is 11.6 Å². The van der Waals surface area contributed by atoms with Crippen LogP contribution >= 0.6 is 24.0 Å². The Balaban J connectivity index is 2.50. The minimum absolute atomic E-state index is 0.336. The number of thiol groups is 1. The summed E-state index contributed by atoms with van der Waals surface area (Å²) in [5.41, 5.74) is 1.18. The quantitative estimate of drug-likeness (QED) is 0.807. The highest BCUT2D eigenvalue weighted by Gasteiger charge is 2.12. The van der Waals surface area contributed by atoms with E-state index in [9.17, 15) is 8.78 Å². The minimum atomic E-state index is -0.584. The summed E-state index contributed by atoms with van der Waals surface area (Å²) in [5, 5.41) is 0.569. The van der Waals surface area contributed by atoms with Crippen molar-refractivity contribution in [3.8, 4) is 10.6 Å². The van der Waals surface area contributed by atoms with E-state index in [2.05, 4.69) is 17.6 Å². The first-order valence-corrected chi connectivity index (χ1v) is 6.09. The van der Waals surface area contributed by atoms with Crippen LogP contribution in [0.1, 0.15) is 10.6 Å². The predicted molar refractivity (Wildman–Crippen MR) is 64.9 cm³/mol. The zero-order chi connectivity index (χ0) is 11.7. The van der Waals surface area contributed by atoms with Crippen LogP contribution < -0.4 is 0 Å². The van der Waals surface area contributed by atoms with Crippen LogP contribution in [0.15, 0.2) is 18.2 Å². The van der Waals surface area contributed by atoms with Gasteiger partial charge in [-0.25, -0.2) is 13.8 Å². The molecule has 1 nitrogen and oxygen atoms in total. The molecule has 0 atom stereocenters. The zero-order valence-electron chi connectivity index (χ0n) is 8.50. The Hall–Kier alpha value is -0.940. The Morgan fingerprint density at radius 2 is 2.12 bits per heavy atom.